The van der Waals surface area contributed by atoms with E-state index >= 15 is 0 Å². The molecular formula is C20H26N2S. The lowest BCUT2D eigenvalue weighted by atomic mass is 9.90. The quantitative estimate of drug-likeness (QED) is 0.702. The molecule has 0 aromatic heterocycles. The number of hydrogen-bond acceptors (Lipinski definition) is 3. The highest BCUT2D eigenvalue weighted by Gasteiger charge is 2.34. The monoisotopic (exact) mass is 326 g/mol. The van der Waals surface area contributed by atoms with Gasteiger partial charge in [0.15, 0.2) is 0 Å². The minimum Gasteiger partial charge on any atom is -0.339 e. The van der Waals surface area contributed by atoms with Gasteiger partial charge >= 0.3 is 0 Å². The van der Waals surface area contributed by atoms with Crippen LogP contribution in [0.15, 0.2) is 59.5 Å². The molecule has 23 heavy (non-hydrogen) atoms. The molecule has 122 valence electrons. The molecule has 0 spiro atoms. The van der Waals surface area contributed by atoms with Crippen molar-refractivity contribution in [3.8, 4) is 0 Å². The van der Waals surface area contributed by atoms with E-state index in [0.717, 1.165) is 13.0 Å². The zero-order valence-electron chi connectivity index (χ0n) is 14.1. The van der Waals surface area contributed by atoms with E-state index in [2.05, 4.69) is 78.1 Å². The smallest absolute Gasteiger partial charge is 0.0562 e. The first-order valence-corrected chi connectivity index (χ1v) is 9.45. The van der Waals surface area contributed by atoms with E-state index in [1.165, 1.54) is 35.5 Å². The number of benzene rings is 2. The molecule has 2 aromatic rings. The van der Waals surface area contributed by atoms with Crippen LogP contribution in [0.25, 0.3) is 0 Å². The zero-order chi connectivity index (χ0) is 16.1. The number of unbranched alkanes of at least 4 members (excludes halogenated alkanes) is 1. The molecule has 0 fully saturated rings. The van der Waals surface area contributed by atoms with Gasteiger partial charge in [-0.15, -0.1) is 0 Å². The van der Waals surface area contributed by atoms with Gasteiger partial charge in [-0.05, 0) is 49.1 Å². The van der Waals surface area contributed by atoms with E-state index in [9.17, 15) is 0 Å². The number of nitrogens with zero attached hydrogens (tertiary/aromatic N) is 1. The lowest BCUT2D eigenvalue weighted by Crippen LogP contribution is -2.48. The molecule has 1 N–H and O–H groups in total. The molecule has 0 bridgehead atoms. The second kappa shape index (κ2) is 7.41. The van der Waals surface area contributed by atoms with Crippen molar-refractivity contribution in [3.05, 3.63) is 54.6 Å². The average molecular weight is 327 g/mol. The number of fused-ring (bicyclic) bond motifs is 1. The molecule has 2 aromatic carbocycles. The molecule has 0 radical (unpaired) electrons. The average Bonchev–Trinajstić information content (AvgIpc) is 2.79. The standard InChI is InChI=1S/C20H26N2S/c1-3-5-15-20(4-2)16-22(17-11-7-6-8-12-17)18-13-9-10-14-19(18)23-21-20/h6-14,21H,3-5,15-16H2,1-2H3/t20-/m0/s1. The van der Waals surface area contributed by atoms with Crippen LogP contribution in [0.2, 0.25) is 0 Å². The highest BCUT2D eigenvalue weighted by atomic mass is 32.2. The summed E-state index contributed by atoms with van der Waals surface area (Å²) in [5.74, 6) is 0. The largest absolute Gasteiger partial charge is 0.339 e. The Hall–Kier alpha value is -1.45. The Morgan fingerprint density at radius 2 is 1.78 bits per heavy atom. The van der Waals surface area contributed by atoms with Crippen molar-refractivity contribution in [2.24, 2.45) is 0 Å². The number of anilines is 2. The number of hydrogen-bond donors (Lipinski definition) is 1. The van der Waals surface area contributed by atoms with Crippen molar-refractivity contribution in [2.75, 3.05) is 11.4 Å². The summed E-state index contributed by atoms with van der Waals surface area (Å²) in [6, 6.07) is 19.5. The van der Waals surface area contributed by atoms with Gasteiger partial charge in [-0.25, -0.2) is 0 Å². The first-order valence-electron chi connectivity index (χ1n) is 8.63. The van der Waals surface area contributed by atoms with Crippen LogP contribution in [0.1, 0.15) is 39.5 Å². The maximum Gasteiger partial charge on any atom is 0.0562 e. The molecule has 3 rings (SSSR count). The van der Waals surface area contributed by atoms with Gasteiger partial charge < -0.3 is 4.90 Å². The van der Waals surface area contributed by atoms with Crippen LogP contribution in [-0.4, -0.2) is 12.1 Å². The first-order chi connectivity index (χ1) is 11.3. The maximum atomic E-state index is 3.81. The SMILES string of the molecule is CCCC[C@@]1(CC)CN(c2ccccc2)c2ccccc2SN1. The topological polar surface area (TPSA) is 15.3 Å². The second-order valence-electron chi connectivity index (χ2n) is 6.33. The maximum absolute atomic E-state index is 3.81. The van der Waals surface area contributed by atoms with Crippen molar-refractivity contribution in [1.82, 2.24) is 4.72 Å². The van der Waals surface area contributed by atoms with Crippen LogP contribution in [0.3, 0.4) is 0 Å². The normalized spacial score (nSPS) is 20.9. The predicted octanol–water partition coefficient (Wildman–Crippen LogP) is 5.77. The van der Waals surface area contributed by atoms with Crippen molar-refractivity contribution < 1.29 is 0 Å². The van der Waals surface area contributed by atoms with Gasteiger partial charge in [0.05, 0.1) is 5.69 Å². The molecule has 1 aliphatic rings. The zero-order valence-corrected chi connectivity index (χ0v) is 14.9. The van der Waals surface area contributed by atoms with Crippen LogP contribution < -0.4 is 9.62 Å². The van der Waals surface area contributed by atoms with Gasteiger partial charge in [-0.1, -0.05) is 57.0 Å². The molecular weight excluding hydrogens is 300 g/mol. The van der Waals surface area contributed by atoms with Crippen molar-refractivity contribution >= 4 is 23.3 Å². The lowest BCUT2D eigenvalue weighted by Gasteiger charge is -2.37. The molecule has 0 unspecified atom stereocenters. The third-order valence-corrected chi connectivity index (χ3v) is 5.85. The Kier molecular flexibility index (Phi) is 5.29. The summed E-state index contributed by atoms with van der Waals surface area (Å²) in [5.41, 5.74) is 2.73. The molecule has 0 saturated heterocycles. The second-order valence-corrected chi connectivity index (χ2v) is 7.18. The van der Waals surface area contributed by atoms with Gasteiger partial charge in [0, 0.05) is 22.7 Å². The minimum atomic E-state index is 0.148. The Morgan fingerprint density at radius 1 is 1.04 bits per heavy atom. The van der Waals surface area contributed by atoms with E-state index < -0.39 is 0 Å². The highest BCUT2D eigenvalue weighted by Crippen LogP contribution is 2.40. The Bertz CT molecular complexity index is 629. The highest BCUT2D eigenvalue weighted by molar-refractivity contribution is 7.97. The summed E-state index contributed by atoms with van der Waals surface area (Å²) in [7, 11) is 0. The molecule has 1 heterocycles. The van der Waals surface area contributed by atoms with Gasteiger partial charge in [-0.3, -0.25) is 4.72 Å². The van der Waals surface area contributed by atoms with Crippen molar-refractivity contribution in [2.45, 2.75) is 50.0 Å². The fourth-order valence-corrected chi connectivity index (χ4v) is 4.26. The fourth-order valence-electron chi connectivity index (χ4n) is 3.19. The van der Waals surface area contributed by atoms with E-state index in [0.29, 0.717) is 0 Å². The van der Waals surface area contributed by atoms with E-state index in [4.69, 9.17) is 0 Å². The van der Waals surface area contributed by atoms with Crippen LogP contribution in [-0.2, 0) is 0 Å². The van der Waals surface area contributed by atoms with Gasteiger partial charge in [0.1, 0.15) is 0 Å². The van der Waals surface area contributed by atoms with E-state index in [-0.39, 0.29) is 5.54 Å². The Labute approximate surface area is 144 Å². The van der Waals surface area contributed by atoms with Gasteiger partial charge in [0.2, 0.25) is 0 Å². The summed E-state index contributed by atoms with van der Waals surface area (Å²) in [6.07, 6.45) is 4.86. The van der Waals surface area contributed by atoms with Crippen LogP contribution in [0.5, 0.6) is 0 Å². The number of para-hydroxylation sites is 2. The van der Waals surface area contributed by atoms with Crippen LogP contribution >= 0.6 is 11.9 Å². The predicted molar refractivity (Wildman–Crippen MR) is 101 cm³/mol. The third kappa shape index (κ3) is 3.56. The lowest BCUT2D eigenvalue weighted by molar-refractivity contribution is 0.351. The van der Waals surface area contributed by atoms with Crippen molar-refractivity contribution in [3.63, 3.8) is 0 Å². The minimum absolute atomic E-state index is 0.148. The third-order valence-electron chi connectivity index (χ3n) is 4.75. The van der Waals surface area contributed by atoms with E-state index in [1.807, 2.05) is 0 Å². The summed E-state index contributed by atoms with van der Waals surface area (Å²) >= 11 is 1.80. The first kappa shape index (κ1) is 16.4. The molecule has 0 aliphatic carbocycles. The molecule has 0 saturated carbocycles. The summed E-state index contributed by atoms with van der Waals surface area (Å²) in [5, 5.41) is 0. The molecule has 1 aliphatic heterocycles. The number of nitrogens with one attached hydrogen (secondary N) is 1. The fraction of sp³-hybridized carbons (Fsp3) is 0.400. The van der Waals surface area contributed by atoms with Crippen LogP contribution in [0, 0.1) is 0 Å². The van der Waals surface area contributed by atoms with Gasteiger partial charge in [-0.2, -0.15) is 0 Å². The Balaban J connectivity index is 2.01. The Morgan fingerprint density at radius 3 is 2.52 bits per heavy atom. The van der Waals surface area contributed by atoms with E-state index in [1.54, 1.807) is 11.9 Å². The van der Waals surface area contributed by atoms with Gasteiger partial charge in [0.25, 0.3) is 0 Å². The summed E-state index contributed by atoms with van der Waals surface area (Å²) < 4.78 is 3.81. The van der Waals surface area contributed by atoms with Crippen molar-refractivity contribution in [1.29, 1.82) is 0 Å². The molecule has 2 nitrogen and oxygen atoms in total. The van der Waals surface area contributed by atoms with Crippen LogP contribution in [0.4, 0.5) is 11.4 Å². The molecule has 1 atom stereocenters. The summed E-state index contributed by atoms with van der Waals surface area (Å²) in [6.45, 7) is 5.59. The number of rotatable bonds is 5. The summed E-state index contributed by atoms with van der Waals surface area (Å²) in [4.78, 5) is 3.80. The molecule has 3 heteroatoms. The molecule has 0 amide bonds.